The van der Waals surface area contributed by atoms with E-state index in [1.54, 1.807) is 29.4 Å². The van der Waals surface area contributed by atoms with Crippen molar-refractivity contribution in [2.45, 2.75) is 58.8 Å². The van der Waals surface area contributed by atoms with Crippen LogP contribution in [0.5, 0.6) is 0 Å². The molecular weight excluding hydrogens is 456 g/mol. The zero-order valence-electron chi connectivity index (χ0n) is 21.0. The number of aromatic nitrogens is 2. The molecule has 9 heteroatoms. The van der Waals surface area contributed by atoms with Gasteiger partial charge in [0.2, 0.25) is 0 Å². The molecular formula is C27H36N6O3. The maximum Gasteiger partial charge on any atom is 0.303 e. The van der Waals surface area contributed by atoms with Crippen LogP contribution < -0.4 is 16.9 Å². The summed E-state index contributed by atoms with van der Waals surface area (Å²) in [6, 6.07) is 11.0. The van der Waals surface area contributed by atoms with Gasteiger partial charge in [0.25, 0.3) is 5.91 Å². The van der Waals surface area contributed by atoms with Gasteiger partial charge in [-0.3, -0.25) is 9.59 Å². The van der Waals surface area contributed by atoms with Crippen molar-refractivity contribution in [1.82, 2.24) is 14.4 Å². The van der Waals surface area contributed by atoms with Gasteiger partial charge in [0.05, 0.1) is 11.3 Å². The summed E-state index contributed by atoms with van der Waals surface area (Å²) in [5.41, 5.74) is 11.3. The number of hydrogen-bond donors (Lipinski definition) is 4. The SMILES string of the molecule is Cc1cc(C)n2ccc(C(=O)Nc3ccc(/C(N)=C/N(N)CCCCCCCCC(=O)O)cc3)c2n1. The van der Waals surface area contributed by atoms with Crippen LogP contribution in [-0.4, -0.2) is 37.9 Å². The molecule has 0 saturated carbocycles. The highest BCUT2D eigenvalue weighted by atomic mass is 16.4. The summed E-state index contributed by atoms with van der Waals surface area (Å²) in [6.45, 7) is 4.58. The Labute approximate surface area is 211 Å². The number of carbonyl (C=O) groups is 2. The van der Waals surface area contributed by atoms with Crippen molar-refractivity contribution in [1.29, 1.82) is 0 Å². The van der Waals surface area contributed by atoms with E-state index < -0.39 is 5.97 Å². The number of benzene rings is 1. The minimum atomic E-state index is -0.730. The normalized spacial score (nSPS) is 11.6. The lowest BCUT2D eigenvalue weighted by Crippen LogP contribution is -2.27. The summed E-state index contributed by atoms with van der Waals surface area (Å²) in [5, 5.41) is 13.2. The lowest BCUT2D eigenvalue weighted by molar-refractivity contribution is -0.137. The average Bonchev–Trinajstić information content (AvgIpc) is 3.25. The number of hydrazine groups is 1. The molecule has 0 spiro atoms. The molecule has 0 aliphatic carbocycles. The van der Waals surface area contributed by atoms with Crippen LogP contribution in [0, 0.1) is 13.8 Å². The smallest absolute Gasteiger partial charge is 0.303 e. The van der Waals surface area contributed by atoms with Crippen molar-refractivity contribution >= 4 is 28.9 Å². The fourth-order valence-corrected chi connectivity index (χ4v) is 4.11. The zero-order chi connectivity index (χ0) is 26.1. The Morgan fingerprint density at radius 3 is 2.42 bits per heavy atom. The number of aryl methyl sites for hydroxylation is 2. The Balaban J connectivity index is 1.48. The summed E-state index contributed by atoms with van der Waals surface area (Å²) in [6.07, 6.45) is 9.56. The number of rotatable bonds is 13. The van der Waals surface area contributed by atoms with Gasteiger partial charge in [-0.2, -0.15) is 0 Å². The number of carbonyl (C=O) groups excluding carboxylic acids is 1. The Morgan fingerprint density at radius 1 is 1.06 bits per heavy atom. The third kappa shape index (κ3) is 7.58. The lowest BCUT2D eigenvalue weighted by atomic mass is 10.1. The minimum Gasteiger partial charge on any atom is -0.481 e. The first kappa shape index (κ1) is 26.7. The van der Waals surface area contributed by atoms with Gasteiger partial charge in [0.1, 0.15) is 5.65 Å². The summed E-state index contributed by atoms with van der Waals surface area (Å²) < 4.78 is 1.90. The molecule has 0 bridgehead atoms. The molecule has 0 aliphatic heterocycles. The molecule has 6 N–H and O–H groups in total. The van der Waals surface area contributed by atoms with Crippen LogP contribution in [0.2, 0.25) is 0 Å². The number of unbranched alkanes of at least 4 members (excludes halogenated alkanes) is 5. The summed E-state index contributed by atoms with van der Waals surface area (Å²) in [4.78, 5) is 27.9. The molecule has 0 saturated heterocycles. The van der Waals surface area contributed by atoms with Crippen molar-refractivity contribution < 1.29 is 14.7 Å². The Morgan fingerprint density at radius 2 is 1.72 bits per heavy atom. The van der Waals surface area contributed by atoms with Crippen LogP contribution in [0.4, 0.5) is 5.69 Å². The largest absolute Gasteiger partial charge is 0.481 e. The van der Waals surface area contributed by atoms with Gasteiger partial charge in [-0.05, 0) is 56.5 Å². The van der Waals surface area contributed by atoms with Gasteiger partial charge in [-0.25, -0.2) is 10.8 Å². The molecule has 3 rings (SSSR count). The molecule has 36 heavy (non-hydrogen) atoms. The second-order valence-electron chi connectivity index (χ2n) is 9.08. The standard InChI is InChI=1S/C27H36N6O3/c1-19-17-20(2)33-16-14-23(26(33)30-19)27(36)31-22-12-10-21(11-13-22)24(28)18-32(29)15-8-6-4-3-5-7-9-25(34)35/h10-14,16-18H,3-9,15,28-29H2,1-2H3,(H,31,36)(H,34,35)/b24-18-. The molecule has 9 nitrogen and oxygen atoms in total. The summed E-state index contributed by atoms with van der Waals surface area (Å²) >= 11 is 0. The fourth-order valence-electron chi connectivity index (χ4n) is 4.11. The van der Waals surface area contributed by atoms with E-state index in [0.29, 0.717) is 29.1 Å². The molecule has 3 aromatic rings. The molecule has 2 heterocycles. The van der Waals surface area contributed by atoms with Gasteiger partial charge in [0, 0.05) is 42.4 Å². The zero-order valence-corrected chi connectivity index (χ0v) is 21.0. The number of aliphatic carboxylic acids is 1. The van der Waals surface area contributed by atoms with E-state index in [-0.39, 0.29) is 12.3 Å². The van der Waals surface area contributed by atoms with E-state index in [1.165, 1.54) is 0 Å². The number of nitrogens with zero attached hydrogens (tertiary/aromatic N) is 3. The number of nitrogens with two attached hydrogens (primary N) is 2. The molecule has 0 fully saturated rings. The number of hydrogen-bond acceptors (Lipinski definition) is 6. The number of amides is 1. The van der Waals surface area contributed by atoms with E-state index in [9.17, 15) is 9.59 Å². The minimum absolute atomic E-state index is 0.221. The van der Waals surface area contributed by atoms with Crippen LogP contribution in [0.25, 0.3) is 11.3 Å². The second-order valence-corrected chi connectivity index (χ2v) is 9.08. The molecule has 1 aromatic carbocycles. The van der Waals surface area contributed by atoms with E-state index in [0.717, 1.165) is 55.5 Å². The first-order valence-electron chi connectivity index (χ1n) is 12.3. The molecule has 0 radical (unpaired) electrons. The first-order valence-corrected chi connectivity index (χ1v) is 12.3. The Kier molecular flexibility index (Phi) is 9.46. The quantitative estimate of drug-likeness (QED) is 0.157. The van der Waals surface area contributed by atoms with Crippen LogP contribution in [-0.2, 0) is 4.79 Å². The van der Waals surface area contributed by atoms with Gasteiger partial charge in [-0.15, -0.1) is 0 Å². The number of carboxylic acid groups (broad SMARTS) is 1. The number of carboxylic acids is 1. The number of fused-ring (bicyclic) bond motifs is 1. The molecule has 0 atom stereocenters. The molecule has 0 aliphatic rings. The predicted molar refractivity (Wildman–Crippen MR) is 142 cm³/mol. The molecule has 2 aromatic heterocycles. The van der Waals surface area contributed by atoms with Crippen LogP contribution in [0.3, 0.4) is 0 Å². The average molecular weight is 493 g/mol. The number of anilines is 1. The maximum absolute atomic E-state index is 12.9. The van der Waals surface area contributed by atoms with Crippen molar-refractivity contribution in [3.63, 3.8) is 0 Å². The first-order chi connectivity index (χ1) is 17.2. The third-order valence-electron chi connectivity index (χ3n) is 6.02. The maximum atomic E-state index is 12.9. The van der Waals surface area contributed by atoms with Gasteiger partial charge < -0.3 is 25.6 Å². The Hall–Kier alpha value is -3.85. The molecule has 1 amide bonds. The lowest BCUT2D eigenvalue weighted by Gasteiger charge is -2.15. The summed E-state index contributed by atoms with van der Waals surface area (Å²) in [7, 11) is 0. The van der Waals surface area contributed by atoms with Crippen molar-refractivity contribution in [3.8, 4) is 0 Å². The number of nitrogens with one attached hydrogen (secondary N) is 1. The topological polar surface area (TPSA) is 139 Å². The van der Waals surface area contributed by atoms with Crippen molar-refractivity contribution in [2.24, 2.45) is 11.6 Å². The van der Waals surface area contributed by atoms with Gasteiger partial charge in [0.15, 0.2) is 0 Å². The van der Waals surface area contributed by atoms with Crippen LogP contribution in [0.1, 0.15) is 72.3 Å². The van der Waals surface area contributed by atoms with E-state index in [4.69, 9.17) is 16.7 Å². The monoisotopic (exact) mass is 492 g/mol. The van der Waals surface area contributed by atoms with Gasteiger partial charge >= 0.3 is 5.97 Å². The van der Waals surface area contributed by atoms with E-state index in [1.807, 2.05) is 42.6 Å². The molecule has 192 valence electrons. The van der Waals surface area contributed by atoms with Crippen molar-refractivity contribution in [2.75, 3.05) is 11.9 Å². The summed E-state index contributed by atoms with van der Waals surface area (Å²) in [5.74, 6) is 5.12. The third-order valence-corrected chi connectivity index (χ3v) is 6.02. The Bertz CT molecular complexity index is 1220. The predicted octanol–water partition coefficient (Wildman–Crippen LogP) is 4.45. The van der Waals surface area contributed by atoms with E-state index >= 15 is 0 Å². The highest BCUT2D eigenvalue weighted by Crippen LogP contribution is 2.18. The van der Waals surface area contributed by atoms with Crippen molar-refractivity contribution in [3.05, 3.63) is 71.3 Å². The highest BCUT2D eigenvalue weighted by Gasteiger charge is 2.14. The van der Waals surface area contributed by atoms with E-state index in [2.05, 4.69) is 10.3 Å². The molecule has 0 unspecified atom stereocenters. The second kappa shape index (κ2) is 12.7. The fraction of sp³-hybridized carbons (Fsp3) is 0.370. The van der Waals surface area contributed by atoms with Gasteiger partial charge in [-0.1, -0.05) is 37.8 Å². The van der Waals surface area contributed by atoms with Crippen LogP contribution >= 0.6 is 0 Å². The highest BCUT2D eigenvalue weighted by molar-refractivity contribution is 6.08. The van der Waals surface area contributed by atoms with Crippen LogP contribution in [0.15, 0.2) is 48.8 Å².